The summed E-state index contributed by atoms with van der Waals surface area (Å²) in [6.45, 7) is 4.20. The molecule has 0 radical (unpaired) electrons. The minimum Gasteiger partial charge on any atom is -0.350 e. The van der Waals surface area contributed by atoms with E-state index in [1.165, 1.54) is 16.5 Å². The number of para-hydroxylation sites is 3. The maximum absolute atomic E-state index is 12.7. The van der Waals surface area contributed by atoms with Crippen molar-refractivity contribution < 1.29 is 4.79 Å². The van der Waals surface area contributed by atoms with Gasteiger partial charge in [0, 0.05) is 30.6 Å². The van der Waals surface area contributed by atoms with E-state index >= 15 is 0 Å². The van der Waals surface area contributed by atoms with E-state index in [9.17, 15) is 4.79 Å². The number of fused-ring (bicyclic) bond motifs is 2. The van der Waals surface area contributed by atoms with E-state index in [-0.39, 0.29) is 17.9 Å². The highest BCUT2D eigenvalue weighted by molar-refractivity contribution is 5.85. The number of nitrogens with zero attached hydrogens (tertiary/aromatic N) is 2. The van der Waals surface area contributed by atoms with Gasteiger partial charge in [0.25, 0.3) is 0 Å². The van der Waals surface area contributed by atoms with Gasteiger partial charge in [-0.05, 0) is 36.1 Å². The zero-order valence-corrected chi connectivity index (χ0v) is 16.6. The van der Waals surface area contributed by atoms with Crippen LogP contribution in [-0.4, -0.2) is 20.4 Å². The molecule has 0 saturated heterocycles. The van der Waals surface area contributed by atoms with Crippen LogP contribution in [0.5, 0.6) is 0 Å². The van der Waals surface area contributed by atoms with Gasteiger partial charge in [0.1, 0.15) is 5.82 Å². The lowest BCUT2D eigenvalue weighted by molar-refractivity contribution is -0.122. The van der Waals surface area contributed by atoms with Gasteiger partial charge >= 0.3 is 0 Å². The van der Waals surface area contributed by atoms with Crippen molar-refractivity contribution in [3.63, 3.8) is 0 Å². The van der Waals surface area contributed by atoms with E-state index in [0.717, 1.165) is 23.3 Å². The van der Waals surface area contributed by atoms with Gasteiger partial charge in [-0.3, -0.25) is 4.79 Å². The van der Waals surface area contributed by atoms with E-state index in [1.807, 2.05) is 43.4 Å². The zero-order chi connectivity index (χ0) is 19.7. The Morgan fingerprint density at radius 2 is 1.89 bits per heavy atom. The normalized spacial score (nSPS) is 12.7. The molecule has 1 amide bonds. The molecule has 2 N–H and O–H groups in total. The van der Waals surface area contributed by atoms with Crippen molar-refractivity contribution in [1.82, 2.24) is 19.9 Å². The maximum atomic E-state index is 12.7. The van der Waals surface area contributed by atoms with E-state index in [2.05, 4.69) is 52.0 Å². The quantitative estimate of drug-likeness (QED) is 0.522. The number of rotatable bonds is 6. The second kappa shape index (κ2) is 7.50. The van der Waals surface area contributed by atoms with Crippen LogP contribution in [0.1, 0.15) is 37.7 Å². The van der Waals surface area contributed by atoms with Crippen LogP contribution in [0.3, 0.4) is 0 Å². The number of aromatic nitrogens is 3. The second-order valence-corrected chi connectivity index (χ2v) is 7.71. The van der Waals surface area contributed by atoms with E-state index < -0.39 is 0 Å². The van der Waals surface area contributed by atoms with Crippen LogP contribution in [-0.2, 0) is 18.3 Å². The molecule has 0 fully saturated rings. The fourth-order valence-corrected chi connectivity index (χ4v) is 3.79. The molecule has 0 aliphatic rings. The Kier molecular flexibility index (Phi) is 4.90. The Labute approximate surface area is 164 Å². The van der Waals surface area contributed by atoms with E-state index in [0.29, 0.717) is 6.42 Å². The standard InChI is InChI=1S/C23H26N4O/c1-15(2)22(23-24-18-9-5-6-10-19(18)25-23)26-21(28)13-12-16-14-27(3)20-11-7-4-8-17(16)20/h4-11,14-15,22H,12-13H2,1-3H3,(H,24,25)(H,26,28)/t22-/m1/s1. The summed E-state index contributed by atoms with van der Waals surface area (Å²) in [5, 5.41) is 4.40. The summed E-state index contributed by atoms with van der Waals surface area (Å²) in [5.74, 6) is 1.10. The number of benzene rings is 2. The molecule has 144 valence electrons. The zero-order valence-electron chi connectivity index (χ0n) is 16.6. The molecule has 1 atom stereocenters. The van der Waals surface area contributed by atoms with Crippen molar-refractivity contribution in [1.29, 1.82) is 0 Å². The predicted octanol–water partition coefficient (Wildman–Crippen LogP) is 4.50. The highest BCUT2D eigenvalue weighted by Crippen LogP contribution is 2.24. The van der Waals surface area contributed by atoms with Crippen molar-refractivity contribution in [2.45, 2.75) is 32.7 Å². The number of aromatic amines is 1. The number of H-pyrrole nitrogens is 1. The molecule has 5 heteroatoms. The first-order valence-electron chi connectivity index (χ1n) is 9.80. The summed E-state index contributed by atoms with van der Waals surface area (Å²) in [6, 6.07) is 16.1. The maximum Gasteiger partial charge on any atom is 0.220 e. The minimum atomic E-state index is -0.132. The monoisotopic (exact) mass is 374 g/mol. The molecule has 0 aliphatic carbocycles. The number of carbonyl (C=O) groups is 1. The Bertz CT molecular complexity index is 1090. The number of carbonyl (C=O) groups excluding carboxylic acids is 1. The summed E-state index contributed by atoms with van der Waals surface area (Å²) in [6.07, 6.45) is 3.30. The number of amides is 1. The Hall–Kier alpha value is -3.08. The first kappa shape index (κ1) is 18.3. The van der Waals surface area contributed by atoms with E-state index in [1.54, 1.807) is 0 Å². The highest BCUT2D eigenvalue weighted by atomic mass is 16.1. The minimum absolute atomic E-state index is 0.0482. The summed E-state index contributed by atoms with van der Waals surface area (Å²) in [7, 11) is 2.04. The van der Waals surface area contributed by atoms with Crippen molar-refractivity contribution in [2.24, 2.45) is 13.0 Å². The second-order valence-electron chi connectivity index (χ2n) is 7.71. The van der Waals surface area contributed by atoms with Gasteiger partial charge in [-0.25, -0.2) is 4.98 Å². The topological polar surface area (TPSA) is 62.7 Å². The van der Waals surface area contributed by atoms with Crippen LogP contribution in [0.2, 0.25) is 0 Å². The first-order valence-corrected chi connectivity index (χ1v) is 9.80. The smallest absolute Gasteiger partial charge is 0.220 e. The molecule has 0 aliphatic heterocycles. The summed E-state index contributed by atoms with van der Waals surface area (Å²) in [4.78, 5) is 20.7. The van der Waals surface area contributed by atoms with Crippen LogP contribution in [0.25, 0.3) is 21.9 Å². The lowest BCUT2D eigenvalue weighted by Crippen LogP contribution is -2.32. The number of aryl methyl sites for hydroxylation is 2. The van der Waals surface area contributed by atoms with Crippen LogP contribution in [0.4, 0.5) is 0 Å². The average Bonchev–Trinajstić information content (AvgIpc) is 3.25. The van der Waals surface area contributed by atoms with Crippen LogP contribution < -0.4 is 5.32 Å². The number of hydrogen-bond donors (Lipinski definition) is 2. The van der Waals surface area contributed by atoms with Crippen molar-refractivity contribution in [3.8, 4) is 0 Å². The van der Waals surface area contributed by atoms with Gasteiger partial charge in [0.15, 0.2) is 0 Å². The number of nitrogens with one attached hydrogen (secondary N) is 2. The molecule has 2 heterocycles. The van der Waals surface area contributed by atoms with Gasteiger partial charge in [0.05, 0.1) is 17.1 Å². The number of hydrogen-bond acceptors (Lipinski definition) is 2. The summed E-state index contributed by atoms with van der Waals surface area (Å²) in [5.41, 5.74) is 4.32. The lowest BCUT2D eigenvalue weighted by atomic mass is 10.0. The SMILES string of the molecule is CC(C)[C@@H](NC(=O)CCc1cn(C)c2ccccc12)c1nc2ccccc2[nH]1. The molecule has 0 spiro atoms. The molecule has 4 rings (SSSR count). The van der Waals surface area contributed by atoms with Gasteiger partial charge in [-0.2, -0.15) is 0 Å². The van der Waals surface area contributed by atoms with Crippen molar-refractivity contribution >= 4 is 27.8 Å². The van der Waals surface area contributed by atoms with Gasteiger partial charge in [0.2, 0.25) is 5.91 Å². The molecular weight excluding hydrogens is 348 g/mol. The molecule has 5 nitrogen and oxygen atoms in total. The predicted molar refractivity (Wildman–Crippen MR) is 113 cm³/mol. The number of imidazole rings is 1. The van der Waals surface area contributed by atoms with Gasteiger partial charge < -0.3 is 14.9 Å². The van der Waals surface area contributed by atoms with Crippen LogP contribution in [0, 0.1) is 5.92 Å². The third-order valence-corrected chi connectivity index (χ3v) is 5.29. The Morgan fingerprint density at radius 3 is 2.68 bits per heavy atom. The molecule has 4 aromatic rings. The largest absolute Gasteiger partial charge is 0.350 e. The average molecular weight is 374 g/mol. The fraction of sp³-hybridized carbons (Fsp3) is 0.304. The highest BCUT2D eigenvalue weighted by Gasteiger charge is 2.22. The molecule has 2 aromatic carbocycles. The Balaban J connectivity index is 1.47. The van der Waals surface area contributed by atoms with E-state index in [4.69, 9.17) is 0 Å². The molecular formula is C23H26N4O. The molecule has 28 heavy (non-hydrogen) atoms. The van der Waals surface area contributed by atoms with Gasteiger partial charge in [-0.1, -0.05) is 44.2 Å². The van der Waals surface area contributed by atoms with Crippen LogP contribution in [0.15, 0.2) is 54.7 Å². The molecule has 0 unspecified atom stereocenters. The third-order valence-electron chi connectivity index (χ3n) is 5.29. The molecule has 2 aromatic heterocycles. The lowest BCUT2D eigenvalue weighted by Gasteiger charge is -2.20. The van der Waals surface area contributed by atoms with Crippen molar-refractivity contribution in [2.75, 3.05) is 0 Å². The molecule has 0 saturated carbocycles. The van der Waals surface area contributed by atoms with Crippen LogP contribution >= 0.6 is 0 Å². The molecule has 0 bridgehead atoms. The fourth-order valence-electron chi connectivity index (χ4n) is 3.79. The first-order chi connectivity index (χ1) is 13.5. The summed E-state index contributed by atoms with van der Waals surface area (Å²) < 4.78 is 2.12. The van der Waals surface area contributed by atoms with Gasteiger partial charge in [-0.15, -0.1) is 0 Å². The third kappa shape index (κ3) is 3.52. The summed E-state index contributed by atoms with van der Waals surface area (Å²) >= 11 is 0. The van der Waals surface area contributed by atoms with Crippen molar-refractivity contribution in [3.05, 3.63) is 66.1 Å². The Morgan fingerprint density at radius 1 is 1.14 bits per heavy atom.